The standard InChI is InChI=1S/C9H15NO2S/c1-3-4-5-6-12-9(11)8(2)10-7-13/h8H,3-6H2,1-2H3/t8-/m0/s1. The van der Waals surface area contributed by atoms with Crippen LogP contribution in [0.15, 0.2) is 4.99 Å². The zero-order chi connectivity index (χ0) is 10.1. The van der Waals surface area contributed by atoms with Crippen molar-refractivity contribution in [1.29, 1.82) is 0 Å². The molecule has 0 fully saturated rings. The first-order valence-corrected chi connectivity index (χ1v) is 4.86. The van der Waals surface area contributed by atoms with E-state index in [2.05, 4.69) is 29.3 Å². The summed E-state index contributed by atoms with van der Waals surface area (Å²) >= 11 is 4.38. The maximum absolute atomic E-state index is 11.1. The third-order valence-corrected chi connectivity index (χ3v) is 1.69. The van der Waals surface area contributed by atoms with E-state index < -0.39 is 6.04 Å². The molecule has 0 unspecified atom stereocenters. The Bertz CT molecular complexity index is 200. The summed E-state index contributed by atoms with van der Waals surface area (Å²) in [5.74, 6) is -0.326. The molecule has 0 aliphatic rings. The Morgan fingerprint density at radius 1 is 1.62 bits per heavy atom. The van der Waals surface area contributed by atoms with Gasteiger partial charge in [-0.25, -0.2) is 9.79 Å². The highest BCUT2D eigenvalue weighted by Crippen LogP contribution is 1.97. The van der Waals surface area contributed by atoms with Gasteiger partial charge in [-0.05, 0) is 25.6 Å². The van der Waals surface area contributed by atoms with E-state index in [0.29, 0.717) is 6.61 Å². The van der Waals surface area contributed by atoms with E-state index in [1.807, 2.05) is 0 Å². The molecular formula is C9H15NO2S. The summed E-state index contributed by atoms with van der Waals surface area (Å²) in [6.07, 6.45) is 3.11. The highest BCUT2D eigenvalue weighted by molar-refractivity contribution is 7.78. The highest BCUT2D eigenvalue weighted by Gasteiger charge is 2.11. The minimum atomic E-state index is -0.515. The second kappa shape index (κ2) is 7.90. The van der Waals surface area contributed by atoms with Crippen molar-refractivity contribution in [2.75, 3.05) is 6.61 Å². The van der Waals surface area contributed by atoms with Crippen LogP contribution in [0.1, 0.15) is 33.1 Å². The molecule has 0 N–H and O–H groups in total. The molecule has 0 aromatic carbocycles. The van der Waals surface area contributed by atoms with E-state index in [-0.39, 0.29) is 5.97 Å². The van der Waals surface area contributed by atoms with Gasteiger partial charge in [-0.3, -0.25) is 0 Å². The van der Waals surface area contributed by atoms with Gasteiger partial charge in [-0.15, -0.1) is 0 Å². The van der Waals surface area contributed by atoms with E-state index in [1.165, 1.54) is 0 Å². The summed E-state index contributed by atoms with van der Waals surface area (Å²) in [6.45, 7) is 4.21. The fraction of sp³-hybridized carbons (Fsp3) is 0.778. The third-order valence-electron chi connectivity index (χ3n) is 1.58. The first-order valence-electron chi connectivity index (χ1n) is 4.46. The zero-order valence-corrected chi connectivity index (χ0v) is 8.89. The van der Waals surface area contributed by atoms with Gasteiger partial charge in [0.1, 0.15) is 0 Å². The first kappa shape index (κ1) is 12.3. The molecule has 1 atom stereocenters. The van der Waals surface area contributed by atoms with Crippen LogP contribution in [-0.4, -0.2) is 23.8 Å². The topological polar surface area (TPSA) is 38.7 Å². The molecule has 4 heteroatoms. The number of hydrogen-bond donors (Lipinski definition) is 0. The zero-order valence-electron chi connectivity index (χ0n) is 8.08. The van der Waals surface area contributed by atoms with Gasteiger partial charge in [0, 0.05) is 0 Å². The van der Waals surface area contributed by atoms with Gasteiger partial charge in [0.15, 0.2) is 6.04 Å². The molecule has 0 radical (unpaired) electrons. The van der Waals surface area contributed by atoms with Crippen molar-refractivity contribution in [3.8, 4) is 0 Å². The van der Waals surface area contributed by atoms with Crippen molar-refractivity contribution in [2.45, 2.75) is 39.2 Å². The third kappa shape index (κ3) is 6.43. The highest BCUT2D eigenvalue weighted by atomic mass is 32.1. The molecule has 3 nitrogen and oxygen atoms in total. The second-order valence-corrected chi connectivity index (χ2v) is 2.95. The molecule has 0 bridgehead atoms. The van der Waals surface area contributed by atoms with Crippen molar-refractivity contribution in [2.24, 2.45) is 4.99 Å². The average molecular weight is 201 g/mol. The summed E-state index contributed by atoms with van der Waals surface area (Å²) in [6, 6.07) is -0.515. The van der Waals surface area contributed by atoms with Gasteiger partial charge < -0.3 is 4.74 Å². The molecular weight excluding hydrogens is 186 g/mol. The quantitative estimate of drug-likeness (QED) is 0.286. The number of carbonyl (C=O) groups is 1. The molecule has 0 aliphatic carbocycles. The molecule has 0 aromatic rings. The smallest absolute Gasteiger partial charge is 0.331 e. The molecule has 0 saturated heterocycles. The summed E-state index contributed by atoms with van der Waals surface area (Å²) in [5.41, 5.74) is 0. The van der Waals surface area contributed by atoms with Crippen molar-refractivity contribution in [3.63, 3.8) is 0 Å². The molecule has 74 valence electrons. The molecule has 13 heavy (non-hydrogen) atoms. The van der Waals surface area contributed by atoms with Crippen molar-refractivity contribution >= 4 is 23.3 Å². The maximum atomic E-state index is 11.1. The van der Waals surface area contributed by atoms with Crippen molar-refractivity contribution in [1.82, 2.24) is 0 Å². The predicted molar refractivity (Wildman–Crippen MR) is 55.0 cm³/mol. The van der Waals surface area contributed by atoms with E-state index >= 15 is 0 Å². The van der Waals surface area contributed by atoms with Crippen LogP contribution in [0.25, 0.3) is 0 Å². The number of isothiocyanates is 1. The first-order chi connectivity index (χ1) is 6.22. The van der Waals surface area contributed by atoms with Crippen LogP contribution >= 0.6 is 12.2 Å². The monoisotopic (exact) mass is 201 g/mol. The van der Waals surface area contributed by atoms with Crippen molar-refractivity contribution in [3.05, 3.63) is 0 Å². The minimum absolute atomic E-state index is 0.326. The lowest BCUT2D eigenvalue weighted by Crippen LogP contribution is -2.18. The van der Waals surface area contributed by atoms with E-state index in [0.717, 1.165) is 19.3 Å². The molecule has 0 aliphatic heterocycles. The minimum Gasteiger partial charge on any atom is -0.464 e. The van der Waals surface area contributed by atoms with Gasteiger partial charge in [0.2, 0.25) is 0 Å². The molecule has 0 spiro atoms. The average Bonchev–Trinajstić information content (AvgIpc) is 2.12. The van der Waals surface area contributed by atoms with Crippen LogP contribution in [0.5, 0.6) is 0 Å². The Labute approximate surface area is 84.2 Å². The lowest BCUT2D eigenvalue weighted by Gasteiger charge is -2.05. The predicted octanol–water partition coefficient (Wildman–Crippen LogP) is 2.21. The summed E-state index contributed by atoms with van der Waals surface area (Å²) in [7, 11) is 0. The Morgan fingerprint density at radius 2 is 2.31 bits per heavy atom. The van der Waals surface area contributed by atoms with E-state index in [4.69, 9.17) is 4.74 Å². The number of hydrogen-bond acceptors (Lipinski definition) is 4. The van der Waals surface area contributed by atoms with Gasteiger partial charge in [0.25, 0.3) is 0 Å². The molecule has 0 rings (SSSR count). The number of carbonyl (C=O) groups excluding carboxylic acids is 1. The number of nitrogens with zero attached hydrogens (tertiary/aromatic N) is 1. The lowest BCUT2D eigenvalue weighted by molar-refractivity contribution is -0.144. The van der Waals surface area contributed by atoms with E-state index in [1.54, 1.807) is 6.92 Å². The number of aliphatic imine (C=N–C) groups is 1. The largest absolute Gasteiger partial charge is 0.464 e. The van der Waals surface area contributed by atoms with Crippen molar-refractivity contribution < 1.29 is 9.53 Å². The molecule has 0 saturated carbocycles. The van der Waals surface area contributed by atoms with Gasteiger partial charge in [-0.1, -0.05) is 19.8 Å². The normalized spacial score (nSPS) is 11.5. The van der Waals surface area contributed by atoms with E-state index in [9.17, 15) is 4.79 Å². The van der Waals surface area contributed by atoms with Gasteiger partial charge in [0.05, 0.1) is 11.8 Å². The fourth-order valence-electron chi connectivity index (χ4n) is 0.777. The molecule has 0 aromatic heterocycles. The van der Waals surface area contributed by atoms with Crippen LogP contribution < -0.4 is 0 Å². The van der Waals surface area contributed by atoms with Crippen LogP contribution in [-0.2, 0) is 9.53 Å². The van der Waals surface area contributed by atoms with Crippen LogP contribution in [0.4, 0.5) is 0 Å². The Balaban J connectivity index is 3.56. The number of rotatable bonds is 6. The summed E-state index contributed by atoms with van der Waals surface area (Å²) in [4.78, 5) is 14.7. The van der Waals surface area contributed by atoms with Gasteiger partial charge >= 0.3 is 5.97 Å². The SMILES string of the molecule is CCCCCOC(=O)[C@H](C)N=C=S. The maximum Gasteiger partial charge on any atom is 0.331 e. The van der Waals surface area contributed by atoms with Gasteiger partial charge in [-0.2, -0.15) is 0 Å². The number of thiocarbonyl (C=S) groups is 1. The number of esters is 1. The Kier molecular flexibility index (Phi) is 7.45. The molecule has 0 heterocycles. The Hall–Kier alpha value is -0.730. The number of ether oxygens (including phenoxy) is 1. The summed E-state index contributed by atoms with van der Waals surface area (Å²) < 4.78 is 4.94. The van der Waals surface area contributed by atoms with Crippen LogP contribution in [0, 0.1) is 0 Å². The summed E-state index contributed by atoms with van der Waals surface area (Å²) in [5, 5.41) is 2.16. The van der Waals surface area contributed by atoms with Crippen LogP contribution in [0.3, 0.4) is 0 Å². The second-order valence-electron chi connectivity index (χ2n) is 2.77. The molecule has 0 amide bonds. The fourth-order valence-corrected chi connectivity index (χ4v) is 0.935. The van der Waals surface area contributed by atoms with Crippen LogP contribution in [0.2, 0.25) is 0 Å². The Morgan fingerprint density at radius 3 is 2.85 bits per heavy atom. The lowest BCUT2D eigenvalue weighted by atomic mass is 10.3. The number of unbranched alkanes of at least 4 members (excludes halogenated alkanes) is 2.